The van der Waals surface area contributed by atoms with Crippen molar-refractivity contribution in [3.63, 3.8) is 0 Å². The Morgan fingerprint density at radius 3 is 2.82 bits per heavy atom. The van der Waals surface area contributed by atoms with Gasteiger partial charge in [-0.15, -0.1) is 11.3 Å². The van der Waals surface area contributed by atoms with Gasteiger partial charge in [0.2, 0.25) is 0 Å². The summed E-state index contributed by atoms with van der Waals surface area (Å²) in [5.41, 5.74) is 0. The number of hydrogen-bond donors (Lipinski definition) is 1. The zero-order chi connectivity index (χ0) is 11.9. The van der Waals surface area contributed by atoms with Crippen molar-refractivity contribution in [1.29, 1.82) is 0 Å². The number of halogens is 1. The van der Waals surface area contributed by atoms with Crippen molar-refractivity contribution in [3.8, 4) is 0 Å². The Morgan fingerprint density at radius 2 is 2.12 bits per heavy atom. The summed E-state index contributed by atoms with van der Waals surface area (Å²) in [6.45, 7) is 7.17. The van der Waals surface area contributed by atoms with Crippen LogP contribution in [0.25, 0.3) is 0 Å². The van der Waals surface area contributed by atoms with E-state index in [1.165, 1.54) is 4.88 Å². The van der Waals surface area contributed by atoms with Crippen LogP contribution >= 0.6 is 22.9 Å². The van der Waals surface area contributed by atoms with Gasteiger partial charge in [0.15, 0.2) is 0 Å². The van der Waals surface area contributed by atoms with Gasteiger partial charge in [0.25, 0.3) is 0 Å². The van der Waals surface area contributed by atoms with Crippen LogP contribution in [0.5, 0.6) is 0 Å². The maximum atomic E-state index is 5.87. The first-order valence-corrected chi connectivity index (χ1v) is 7.29. The molecule has 0 radical (unpaired) electrons. The summed E-state index contributed by atoms with van der Waals surface area (Å²) in [5.74, 6) is 0. The number of hydrogen-bond acceptors (Lipinski definition) is 4. The molecule has 0 bridgehead atoms. The first kappa shape index (κ1) is 13.3. The normalized spacial score (nSPS) is 17.5. The van der Waals surface area contributed by atoms with E-state index in [4.69, 9.17) is 16.3 Å². The first-order valence-electron chi connectivity index (χ1n) is 6.09. The van der Waals surface area contributed by atoms with Gasteiger partial charge in [0.1, 0.15) is 0 Å². The molecule has 17 heavy (non-hydrogen) atoms. The molecular weight excluding hydrogens is 256 g/mol. The number of rotatable bonds is 6. The Balaban J connectivity index is 1.51. The Morgan fingerprint density at radius 1 is 1.29 bits per heavy atom. The van der Waals surface area contributed by atoms with E-state index >= 15 is 0 Å². The molecule has 0 atom stereocenters. The van der Waals surface area contributed by atoms with Gasteiger partial charge in [-0.25, -0.2) is 0 Å². The molecule has 0 unspecified atom stereocenters. The average molecular weight is 275 g/mol. The Hall–Kier alpha value is -0.130. The largest absolute Gasteiger partial charge is 0.380 e. The minimum atomic E-state index is 0.795. The van der Waals surface area contributed by atoms with Crippen molar-refractivity contribution < 1.29 is 4.74 Å². The molecule has 0 spiro atoms. The maximum absolute atomic E-state index is 5.87. The molecule has 1 aliphatic heterocycles. The van der Waals surface area contributed by atoms with Crippen molar-refractivity contribution in [2.24, 2.45) is 0 Å². The molecule has 0 aromatic carbocycles. The minimum Gasteiger partial charge on any atom is -0.380 e. The van der Waals surface area contributed by atoms with Gasteiger partial charge in [0.05, 0.1) is 17.6 Å². The lowest BCUT2D eigenvalue weighted by Gasteiger charge is -2.26. The van der Waals surface area contributed by atoms with Gasteiger partial charge in [-0.1, -0.05) is 11.6 Å². The fourth-order valence-corrected chi connectivity index (χ4v) is 2.96. The number of nitrogens with zero attached hydrogens (tertiary/aromatic N) is 1. The van der Waals surface area contributed by atoms with E-state index in [1.54, 1.807) is 11.3 Å². The molecule has 1 aromatic rings. The highest BCUT2D eigenvalue weighted by atomic mass is 35.5. The number of ether oxygens (including phenoxy) is 1. The smallest absolute Gasteiger partial charge is 0.0931 e. The summed E-state index contributed by atoms with van der Waals surface area (Å²) in [6, 6.07) is 4.02. The molecule has 1 fully saturated rings. The molecular formula is C12H19ClN2OS. The second-order valence-corrected chi connectivity index (χ2v) is 5.96. The monoisotopic (exact) mass is 274 g/mol. The van der Waals surface area contributed by atoms with Gasteiger partial charge in [-0.05, 0) is 12.1 Å². The Bertz CT molecular complexity index is 326. The third kappa shape index (κ3) is 4.94. The summed E-state index contributed by atoms with van der Waals surface area (Å²) in [4.78, 5) is 3.75. The fraction of sp³-hybridized carbons (Fsp3) is 0.667. The number of thiophene rings is 1. The van der Waals surface area contributed by atoms with Gasteiger partial charge in [-0.3, -0.25) is 4.90 Å². The van der Waals surface area contributed by atoms with Crippen molar-refractivity contribution in [1.82, 2.24) is 10.2 Å². The summed E-state index contributed by atoms with van der Waals surface area (Å²) in [5, 5.41) is 3.35. The summed E-state index contributed by atoms with van der Waals surface area (Å²) in [6.07, 6.45) is 0.971. The van der Waals surface area contributed by atoms with E-state index in [1.807, 2.05) is 6.07 Å². The zero-order valence-corrected chi connectivity index (χ0v) is 11.5. The lowest BCUT2D eigenvalue weighted by atomic mass is 10.3. The highest BCUT2D eigenvalue weighted by molar-refractivity contribution is 7.16. The van der Waals surface area contributed by atoms with E-state index in [9.17, 15) is 0 Å². The van der Waals surface area contributed by atoms with Gasteiger partial charge in [0, 0.05) is 44.0 Å². The molecule has 1 aromatic heterocycles. The molecule has 5 heteroatoms. The molecule has 1 aliphatic rings. The Labute approximate surface area is 112 Å². The molecule has 0 saturated carbocycles. The van der Waals surface area contributed by atoms with Crippen LogP contribution in [-0.4, -0.2) is 50.8 Å². The second-order valence-electron chi connectivity index (χ2n) is 4.16. The highest BCUT2D eigenvalue weighted by Crippen LogP contribution is 2.21. The molecule has 0 aliphatic carbocycles. The van der Waals surface area contributed by atoms with Gasteiger partial charge < -0.3 is 10.1 Å². The van der Waals surface area contributed by atoms with Gasteiger partial charge >= 0.3 is 0 Å². The number of piperazine rings is 1. The Kier molecular flexibility index (Phi) is 5.74. The van der Waals surface area contributed by atoms with E-state index < -0.39 is 0 Å². The number of nitrogens with one attached hydrogen (secondary N) is 1. The fourth-order valence-electron chi connectivity index (χ4n) is 1.89. The van der Waals surface area contributed by atoms with E-state index in [2.05, 4.69) is 16.3 Å². The lowest BCUT2D eigenvalue weighted by Crippen LogP contribution is -2.44. The van der Waals surface area contributed by atoms with Gasteiger partial charge in [-0.2, -0.15) is 0 Å². The quantitative estimate of drug-likeness (QED) is 0.802. The molecule has 96 valence electrons. The highest BCUT2D eigenvalue weighted by Gasteiger charge is 2.08. The van der Waals surface area contributed by atoms with Crippen LogP contribution in [0, 0.1) is 0 Å². The van der Waals surface area contributed by atoms with Crippen LogP contribution in [0.1, 0.15) is 4.88 Å². The van der Waals surface area contributed by atoms with Crippen LogP contribution in [0.2, 0.25) is 4.34 Å². The van der Waals surface area contributed by atoms with Crippen LogP contribution in [0.4, 0.5) is 0 Å². The van der Waals surface area contributed by atoms with Crippen LogP contribution in [0.3, 0.4) is 0 Å². The van der Waals surface area contributed by atoms with E-state index in [-0.39, 0.29) is 0 Å². The molecule has 1 N–H and O–H groups in total. The van der Waals surface area contributed by atoms with Crippen molar-refractivity contribution >= 4 is 22.9 Å². The molecule has 0 amide bonds. The van der Waals surface area contributed by atoms with E-state index in [0.717, 1.165) is 56.7 Å². The van der Waals surface area contributed by atoms with Crippen LogP contribution in [-0.2, 0) is 11.2 Å². The predicted molar refractivity (Wildman–Crippen MR) is 73.2 cm³/mol. The van der Waals surface area contributed by atoms with Crippen molar-refractivity contribution in [3.05, 3.63) is 21.3 Å². The zero-order valence-electron chi connectivity index (χ0n) is 9.95. The minimum absolute atomic E-state index is 0.795. The maximum Gasteiger partial charge on any atom is 0.0931 e. The summed E-state index contributed by atoms with van der Waals surface area (Å²) >= 11 is 7.51. The second kappa shape index (κ2) is 7.34. The standard InChI is InChI=1S/C12H19ClN2OS/c13-12-2-1-11(17-12)3-9-16-10-8-15-6-4-14-5-7-15/h1-2,14H,3-10H2. The van der Waals surface area contributed by atoms with Crippen molar-refractivity contribution in [2.45, 2.75) is 6.42 Å². The third-order valence-electron chi connectivity index (χ3n) is 2.88. The third-order valence-corrected chi connectivity index (χ3v) is 4.17. The average Bonchev–Trinajstić information content (AvgIpc) is 2.76. The predicted octanol–water partition coefficient (Wildman–Crippen LogP) is 1.87. The summed E-state index contributed by atoms with van der Waals surface area (Å²) in [7, 11) is 0. The van der Waals surface area contributed by atoms with E-state index in [0.29, 0.717) is 0 Å². The topological polar surface area (TPSA) is 24.5 Å². The molecule has 2 heterocycles. The van der Waals surface area contributed by atoms with Crippen LogP contribution < -0.4 is 5.32 Å². The summed E-state index contributed by atoms with van der Waals surface area (Å²) < 4.78 is 6.51. The lowest BCUT2D eigenvalue weighted by molar-refractivity contribution is 0.101. The first-order chi connectivity index (χ1) is 8.34. The molecule has 3 nitrogen and oxygen atoms in total. The molecule has 1 saturated heterocycles. The SMILES string of the molecule is Clc1ccc(CCOCCN2CCNCC2)s1. The molecule has 2 rings (SSSR count). The van der Waals surface area contributed by atoms with Crippen LogP contribution in [0.15, 0.2) is 12.1 Å². The van der Waals surface area contributed by atoms with Crippen molar-refractivity contribution in [2.75, 3.05) is 45.9 Å².